The third kappa shape index (κ3) is 2.19. The number of nitrogens with one attached hydrogen (secondary N) is 1. The van der Waals surface area contributed by atoms with E-state index in [1.165, 1.54) is 0 Å². The highest BCUT2D eigenvalue weighted by molar-refractivity contribution is 7.89. The summed E-state index contributed by atoms with van der Waals surface area (Å²) in [6, 6.07) is 12.7. The minimum atomic E-state index is -3.54. The number of fused-ring (bicyclic) bond motifs is 3. The van der Waals surface area contributed by atoms with E-state index >= 15 is 0 Å². The predicted molar refractivity (Wildman–Crippen MR) is 95.9 cm³/mol. The van der Waals surface area contributed by atoms with Gasteiger partial charge in [-0.3, -0.25) is 0 Å². The first-order chi connectivity index (χ1) is 11.3. The zero-order valence-electron chi connectivity index (χ0n) is 13.6. The monoisotopic (exact) mass is 362 g/mol. The molecule has 24 heavy (non-hydrogen) atoms. The molecule has 4 nitrogen and oxygen atoms in total. The molecule has 0 amide bonds. The predicted octanol–water partition coefficient (Wildman–Crippen LogP) is 3.75. The third-order valence-electron chi connectivity index (χ3n) is 5.26. The van der Waals surface area contributed by atoms with Gasteiger partial charge in [-0.15, -0.1) is 0 Å². The number of halogens is 1. The molecule has 2 aliphatic rings. The van der Waals surface area contributed by atoms with Crippen LogP contribution in [0.25, 0.3) is 0 Å². The summed E-state index contributed by atoms with van der Waals surface area (Å²) in [7, 11) is -3.54. The first kappa shape index (κ1) is 15.9. The Morgan fingerprint density at radius 1 is 1.21 bits per heavy atom. The van der Waals surface area contributed by atoms with Crippen LogP contribution in [-0.2, 0) is 15.4 Å². The minimum absolute atomic E-state index is 0.266. The first-order valence-electron chi connectivity index (χ1n) is 7.97. The number of sulfonamides is 1. The summed E-state index contributed by atoms with van der Waals surface area (Å²) in [5.74, 6) is 0. The summed E-state index contributed by atoms with van der Waals surface area (Å²) in [4.78, 5) is 0.341. The molecule has 2 aromatic rings. The second kappa shape index (κ2) is 5.22. The van der Waals surface area contributed by atoms with Crippen LogP contribution in [0, 0.1) is 6.92 Å². The quantitative estimate of drug-likeness (QED) is 0.885. The first-order valence-corrected chi connectivity index (χ1v) is 9.79. The fraction of sp³-hybridized carbons (Fsp3) is 0.333. The largest absolute Gasteiger partial charge is 0.368 e. The molecule has 2 aliphatic heterocycles. The number of hydrogen-bond acceptors (Lipinski definition) is 3. The second-order valence-corrected chi connectivity index (χ2v) is 9.16. The van der Waals surface area contributed by atoms with Gasteiger partial charge < -0.3 is 5.32 Å². The van der Waals surface area contributed by atoms with Gasteiger partial charge in [0.2, 0.25) is 10.0 Å². The van der Waals surface area contributed by atoms with Crippen molar-refractivity contribution >= 4 is 27.3 Å². The summed E-state index contributed by atoms with van der Waals surface area (Å²) in [5, 5.41) is 4.07. The molecule has 2 heterocycles. The second-order valence-electron chi connectivity index (χ2n) is 6.83. The van der Waals surface area contributed by atoms with Crippen LogP contribution in [0.4, 0.5) is 5.69 Å². The summed E-state index contributed by atoms with van der Waals surface area (Å²) >= 11 is 6.15. The summed E-state index contributed by atoms with van der Waals surface area (Å²) < 4.78 is 27.8. The molecule has 126 valence electrons. The van der Waals surface area contributed by atoms with Crippen LogP contribution in [0.1, 0.15) is 24.5 Å². The third-order valence-corrected chi connectivity index (χ3v) is 7.37. The molecule has 0 aliphatic carbocycles. The van der Waals surface area contributed by atoms with E-state index in [0.29, 0.717) is 16.5 Å². The highest BCUT2D eigenvalue weighted by Gasteiger charge is 2.54. The molecular weight excluding hydrogens is 344 g/mol. The zero-order chi connectivity index (χ0) is 17.1. The number of rotatable bonds is 2. The average Bonchev–Trinajstić information content (AvgIpc) is 3.00. The van der Waals surface area contributed by atoms with Gasteiger partial charge in [0.05, 0.1) is 4.90 Å². The smallest absolute Gasteiger partial charge is 0.244 e. The van der Waals surface area contributed by atoms with Crippen LogP contribution in [0.3, 0.4) is 0 Å². The van der Waals surface area contributed by atoms with Crippen molar-refractivity contribution in [2.24, 2.45) is 0 Å². The highest BCUT2D eigenvalue weighted by Crippen LogP contribution is 2.50. The Morgan fingerprint density at radius 2 is 1.92 bits per heavy atom. The number of nitrogens with zero attached hydrogens (tertiary/aromatic N) is 1. The minimum Gasteiger partial charge on any atom is -0.368 e. The fourth-order valence-electron chi connectivity index (χ4n) is 3.81. The molecule has 1 saturated heterocycles. The lowest BCUT2D eigenvalue weighted by Gasteiger charge is -2.29. The van der Waals surface area contributed by atoms with Gasteiger partial charge in [-0.25, -0.2) is 8.42 Å². The summed E-state index contributed by atoms with van der Waals surface area (Å²) in [6.45, 7) is 4.55. The van der Waals surface area contributed by atoms with Gasteiger partial charge in [0.15, 0.2) is 0 Å². The molecule has 0 unspecified atom stereocenters. The van der Waals surface area contributed by atoms with E-state index in [1.807, 2.05) is 37.3 Å². The standard InChI is InChI=1S/C18H19ClN2O2S/c1-12-3-6-14(7-4-12)24(22,23)21-10-9-18(2)15-11-13(19)5-8-16(15)20-17(18)21/h3-8,11,17,20H,9-10H2,1-2H3/t17-,18-/m0/s1. The van der Waals surface area contributed by atoms with E-state index in [9.17, 15) is 8.42 Å². The maximum Gasteiger partial charge on any atom is 0.244 e. The van der Waals surface area contributed by atoms with Crippen molar-refractivity contribution in [1.82, 2.24) is 4.31 Å². The van der Waals surface area contributed by atoms with Crippen molar-refractivity contribution < 1.29 is 8.42 Å². The maximum absolute atomic E-state index is 13.1. The lowest BCUT2D eigenvalue weighted by atomic mass is 9.82. The number of hydrogen-bond donors (Lipinski definition) is 1. The van der Waals surface area contributed by atoms with Gasteiger partial charge in [-0.2, -0.15) is 4.31 Å². The van der Waals surface area contributed by atoms with E-state index in [2.05, 4.69) is 12.2 Å². The van der Waals surface area contributed by atoms with Crippen LogP contribution < -0.4 is 5.32 Å². The van der Waals surface area contributed by atoms with Crippen LogP contribution >= 0.6 is 11.6 Å². The molecule has 4 rings (SSSR count). The van der Waals surface area contributed by atoms with Gasteiger partial charge in [0.25, 0.3) is 0 Å². The van der Waals surface area contributed by atoms with Crippen molar-refractivity contribution in [1.29, 1.82) is 0 Å². The van der Waals surface area contributed by atoms with Crippen molar-refractivity contribution in [3.63, 3.8) is 0 Å². The van der Waals surface area contributed by atoms with Crippen LogP contribution in [-0.4, -0.2) is 25.4 Å². The van der Waals surface area contributed by atoms with E-state index in [0.717, 1.165) is 23.2 Å². The zero-order valence-corrected chi connectivity index (χ0v) is 15.2. The number of anilines is 1. The van der Waals surface area contributed by atoms with Gasteiger partial charge in [-0.1, -0.05) is 36.2 Å². The molecule has 2 atom stereocenters. The average molecular weight is 363 g/mol. The van der Waals surface area contributed by atoms with E-state index in [-0.39, 0.29) is 11.6 Å². The van der Waals surface area contributed by atoms with Gasteiger partial charge in [0.1, 0.15) is 6.17 Å². The Labute approximate surface area is 147 Å². The van der Waals surface area contributed by atoms with E-state index in [1.54, 1.807) is 16.4 Å². The Bertz CT molecular complexity index is 911. The molecule has 0 aromatic heterocycles. The lowest BCUT2D eigenvalue weighted by Crippen LogP contribution is -2.44. The topological polar surface area (TPSA) is 49.4 Å². The molecular formula is C18H19ClN2O2S. The van der Waals surface area contributed by atoms with E-state index < -0.39 is 10.0 Å². The molecule has 1 fully saturated rings. The number of aryl methyl sites for hydroxylation is 1. The number of benzene rings is 2. The van der Waals surface area contributed by atoms with Crippen LogP contribution in [0.15, 0.2) is 47.4 Å². The molecule has 0 spiro atoms. The Balaban J connectivity index is 1.75. The molecule has 2 aromatic carbocycles. The molecule has 1 N–H and O–H groups in total. The van der Waals surface area contributed by atoms with Gasteiger partial charge in [0, 0.05) is 22.7 Å². The molecule has 6 heteroatoms. The highest BCUT2D eigenvalue weighted by atomic mass is 35.5. The lowest BCUT2D eigenvalue weighted by molar-refractivity contribution is 0.361. The normalized spacial score (nSPS) is 26.0. The van der Waals surface area contributed by atoms with Crippen molar-refractivity contribution in [3.05, 3.63) is 58.6 Å². The van der Waals surface area contributed by atoms with Crippen molar-refractivity contribution in [2.45, 2.75) is 36.7 Å². The molecule has 0 bridgehead atoms. The molecule has 0 radical (unpaired) electrons. The SMILES string of the molecule is Cc1ccc(S(=O)(=O)N2CC[C@@]3(C)c4cc(Cl)ccc4N[C@@H]23)cc1. The van der Waals surface area contributed by atoms with Gasteiger partial charge >= 0.3 is 0 Å². The maximum atomic E-state index is 13.1. The Morgan fingerprint density at radius 3 is 2.62 bits per heavy atom. The Hall–Kier alpha value is -1.56. The van der Waals surface area contributed by atoms with Crippen LogP contribution in [0.5, 0.6) is 0 Å². The summed E-state index contributed by atoms with van der Waals surface area (Å²) in [6.07, 6.45) is 0.487. The van der Waals surface area contributed by atoms with Gasteiger partial charge in [-0.05, 0) is 49.2 Å². The summed E-state index contributed by atoms with van der Waals surface area (Å²) in [5.41, 5.74) is 2.84. The fourth-order valence-corrected chi connectivity index (χ4v) is 5.62. The molecule has 0 saturated carbocycles. The van der Waals surface area contributed by atoms with Crippen molar-refractivity contribution in [3.8, 4) is 0 Å². The van der Waals surface area contributed by atoms with E-state index in [4.69, 9.17) is 11.6 Å². The van der Waals surface area contributed by atoms with Crippen molar-refractivity contribution in [2.75, 3.05) is 11.9 Å². The Kier molecular flexibility index (Phi) is 3.46. The van der Waals surface area contributed by atoms with Crippen LogP contribution in [0.2, 0.25) is 5.02 Å².